The van der Waals surface area contributed by atoms with Crippen molar-refractivity contribution < 1.29 is 9.59 Å². The van der Waals surface area contributed by atoms with Gasteiger partial charge in [-0.1, -0.05) is 29.3 Å². The third kappa shape index (κ3) is 4.90. The van der Waals surface area contributed by atoms with Crippen molar-refractivity contribution in [2.45, 2.75) is 38.1 Å². The molecule has 142 valence electrons. The highest BCUT2D eigenvalue weighted by Crippen LogP contribution is 2.24. The second-order valence-electron chi connectivity index (χ2n) is 7.00. The molecule has 2 aliphatic heterocycles. The summed E-state index contributed by atoms with van der Waals surface area (Å²) in [4.78, 5) is 28.6. The summed E-state index contributed by atoms with van der Waals surface area (Å²) in [5, 5.41) is 4.20. The second kappa shape index (κ2) is 9.07. The number of piperidine rings is 1. The van der Waals surface area contributed by atoms with E-state index in [1.54, 1.807) is 6.07 Å². The number of amides is 2. The van der Waals surface area contributed by atoms with E-state index in [2.05, 4.69) is 5.32 Å². The van der Waals surface area contributed by atoms with Gasteiger partial charge in [0.2, 0.25) is 11.8 Å². The summed E-state index contributed by atoms with van der Waals surface area (Å²) >= 11 is 12.0. The second-order valence-corrected chi connectivity index (χ2v) is 7.82. The van der Waals surface area contributed by atoms with Gasteiger partial charge in [-0.25, -0.2) is 0 Å². The first-order valence-corrected chi connectivity index (χ1v) is 10.0. The third-order valence-electron chi connectivity index (χ3n) is 5.16. The molecule has 1 aromatic rings. The van der Waals surface area contributed by atoms with Crippen LogP contribution in [0.4, 0.5) is 0 Å². The van der Waals surface area contributed by atoms with Crippen molar-refractivity contribution in [1.82, 2.24) is 15.1 Å². The Bertz CT molecular complexity index is 668. The predicted molar refractivity (Wildman–Crippen MR) is 104 cm³/mol. The molecule has 3 rings (SSSR count). The van der Waals surface area contributed by atoms with Gasteiger partial charge in [0.05, 0.1) is 16.6 Å². The maximum Gasteiger partial charge on any atom is 0.236 e. The van der Waals surface area contributed by atoms with Gasteiger partial charge in [0, 0.05) is 38.6 Å². The van der Waals surface area contributed by atoms with E-state index in [0.717, 1.165) is 50.9 Å². The van der Waals surface area contributed by atoms with Gasteiger partial charge >= 0.3 is 0 Å². The Morgan fingerprint density at radius 2 is 2.08 bits per heavy atom. The fourth-order valence-electron chi connectivity index (χ4n) is 3.74. The first-order valence-electron chi connectivity index (χ1n) is 9.26. The highest BCUT2D eigenvalue weighted by molar-refractivity contribution is 6.42. The summed E-state index contributed by atoms with van der Waals surface area (Å²) in [6.07, 6.45) is 4.04. The van der Waals surface area contributed by atoms with Crippen LogP contribution in [0.3, 0.4) is 0 Å². The highest BCUT2D eigenvalue weighted by Gasteiger charge is 2.31. The maximum absolute atomic E-state index is 12.6. The molecule has 0 spiro atoms. The number of benzene rings is 1. The molecule has 0 bridgehead atoms. The number of rotatable bonds is 5. The Hall–Kier alpha value is -1.30. The lowest BCUT2D eigenvalue weighted by Crippen LogP contribution is -2.57. The Morgan fingerprint density at radius 3 is 2.85 bits per heavy atom. The van der Waals surface area contributed by atoms with Crippen LogP contribution in [0.1, 0.15) is 31.2 Å². The Balaban J connectivity index is 1.47. The molecule has 2 saturated heterocycles. The number of halogens is 2. The van der Waals surface area contributed by atoms with Crippen LogP contribution >= 0.6 is 23.2 Å². The van der Waals surface area contributed by atoms with Gasteiger partial charge in [0.25, 0.3) is 0 Å². The molecule has 2 heterocycles. The van der Waals surface area contributed by atoms with Gasteiger partial charge < -0.3 is 15.1 Å². The van der Waals surface area contributed by atoms with Crippen LogP contribution in [-0.4, -0.2) is 60.4 Å². The van der Waals surface area contributed by atoms with Crippen LogP contribution in [0.15, 0.2) is 18.2 Å². The minimum absolute atomic E-state index is 0.148. The molecule has 1 unspecified atom stereocenters. The van der Waals surface area contributed by atoms with E-state index in [4.69, 9.17) is 23.2 Å². The molecule has 2 fully saturated rings. The van der Waals surface area contributed by atoms with E-state index in [1.807, 2.05) is 21.9 Å². The van der Waals surface area contributed by atoms with E-state index in [9.17, 15) is 9.59 Å². The van der Waals surface area contributed by atoms with E-state index < -0.39 is 0 Å². The summed E-state index contributed by atoms with van der Waals surface area (Å²) in [5.74, 6) is 0.326. The molecule has 1 atom stereocenters. The number of hydrogen-bond donors (Lipinski definition) is 1. The summed E-state index contributed by atoms with van der Waals surface area (Å²) in [5.41, 5.74) is 1.09. The SMILES string of the molecule is O=C(CCCc1ccc(Cl)c(Cl)c1)N1CCCC(N2CCNCC2=O)C1. The third-order valence-corrected chi connectivity index (χ3v) is 5.90. The normalized spacial score (nSPS) is 21.2. The monoisotopic (exact) mass is 397 g/mol. The van der Waals surface area contributed by atoms with Crippen molar-refractivity contribution in [2.24, 2.45) is 0 Å². The van der Waals surface area contributed by atoms with Crippen molar-refractivity contribution in [3.8, 4) is 0 Å². The zero-order valence-electron chi connectivity index (χ0n) is 14.8. The number of carbonyl (C=O) groups is 2. The van der Waals surface area contributed by atoms with Gasteiger partial charge in [-0.15, -0.1) is 0 Å². The van der Waals surface area contributed by atoms with Crippen molar-refractivity contribution in [1.29, 1.82) is 0 Å². The lowest BCUT2D eigenvalue weighted by Gasteiger charge is -2.41. The minimum atomic E-state index is 0.148. The molecule has 0 aromatic heterocycles. The first kappa shape index (κ1) is 19.5. The smallest absolute Gasteiger partial charge is 0.236 e. The molecule has 1 N–H and O–H groups in total. The van der Waals surface area contributed by atoms with Gasteiger partial charge in [0.1, 0.15) is 0 Å². The van der Waals surface area contributed by atoms with Crippen LogP contribution in [0.5, 0.6) is 0 Å². The van der Waals surface area contributed by atoms with Crippen molar-refractivity contribution >= 4 is 35.0 Å². The molecule has 7 heteroatoms. The lowest BCUT2D eigenvalue weighted by atomic mass is 10.0. The van der Waals surface area contributed by atoms with Crippen LogP contribution in [-0.2, 0) is 16.0 Å². The molecular weight excluding hydrogens is 373 g/mol. The van der Waals surface area contributed by atoms with Crippen molar-refractivity contribution in [3.05, 3.63) is 33.8 Å². The molecule has 2 aliphatic rings. The fraction of sp³-hybridized carbons (Fsp3) is 0.579. The van der Waals surface area contributed by atoms with Gasteiger partial charge in [-0.3, -0.25) is 9.59 Å². The zero-order valence-corrected chi connectivity index (χ0v) is 16.4. The topological polar surface area (TPSA) is 52.7 Å². The number of likely N-dealkylation sites (tertiary alicyclic amines) is 1. The highest BCUT2D eigenvalue weighted by atomic mass is 35.5. The number of nitrogens with one attached hydrogen (secondary N) is 1. The number of nitrogens with zero attached hydrogens (tertiary/aromatic N) is 2. The Morgan fingerprint density at radius 1 is 1.23 bits per heavy atom. The van der Waals surface area contributed by atoms with Gasteiger partial charge in [-0.05, 0) is 43.4 Å². The van der Waals surface area contributed by atoms with Crippen molar-refractivity contribution in [3.63, 3.8) is 0 Å². The number of piperazine rings is 1. The Kier molecular flexibility index (Phi) is 6.79. The van der Waals surface area contributed by atoms with Gasteiger partial charge in [-0.2, -0.15) is 0 Å². The van der Waals surface area contributed by atoms with Crippen LogP contribution in [0, 0.1) is 0 Å². The molecule has 1 aromatic carbocycles. The molecule has 0 saturated carbocycles. The van der Waals surface area contributed by atoms with Crippen LogP contribution < -0.4 is 5.32 Å². The summed E-state index contributed by atoms with van der Waals surface area (Å²) in [6.45, 7) is 3.44. The number of aryl methyl sites for hydroxylation is 1. The fourth-order valence-corrected chi connectivity index (χ4v) is 4.06. The molecule has 2 amide bonds. The quantitative estimate of drug-likeness (QED) is 0.830. The lowest BCUT2D eigenvalue weighted by molar-refractivity contribution is -0.140. The minimum Gasteiger partial charge on any atom is -0.341 e. The molecule has 5 nitrogen and oxygen atoms in total. The molecular formula is C19H25Cl2N3O2. The van der Waals surface area contributed by atoms with Crippen LogP contribution in [0.2, 0.25) is 10.0 Å². The Labute approximate surface area is 164 Å². The maximum atomic E-state index is 12.6. The predicted octanol–water partition coefficient (Wildman–Crippen LogP) is 2.74. The van der Waals surface area contributed by atoms with Crippen molar-refractivity contribution in [2.75, 3.05) is 32.7 Å². The van der Waals surface area contributed by atoms with E-state index in [0.29, 0.717) is 29.6 Å². The van der Waals surface area contributed by atoms with E-state index >= 15 is 0 Å². The van der Waals surface area contributed by atoms with Crippen LogP contribution in [0.25, 0.3) is 0 Å². The average Bonchev–Trinajstić information content (AvgIpc) is 2.65. The summed E-state index contributed by atoms with van der Waals surface area (Å²) in [6, 6.07) is 5.77. The molecule has 0 aliphatic carbocycles. The summed E-state index contributed by atoms with van der Waals surface area (Å²) in [7, 11) is 0. The number of carbonyl (C=O) groups excluding carboxylic acids is 2. The van der Waals surface area contributed by atoms with E-state index in [-0.39, 0.29) is 17.9 Å². The van der Waals surface area contributed by atoms with Gasteiger partial charge in [0.15, 0.2) is 0 Å². The zero-order chi connectivity index (χ0) is 18.5. The first-order chi connectivity index (χ1) is 12.5. The standard InChI is InChI=1S/C19H25Cl2N3O2/c20-16-7-6-14(11-17(16)21)3-1-5-18(25)23-9-2-4-15(13-23)24-10-8-22-12-19(24)26/h6-7,11,15,22H,1-5,8-10,12-13H2. The molecule has 0 radical (unpaired) electrons. The number of hydrogen-bond acceptors (Lipinski definition) is 3. The largest absolute Gasteiger partial charge is 0.341 e. The average molecular weight is 398 g/mol. The molecule has 26 heavy (non-hydrogen) atoms. The van der Waals surface area contributed by atoms with E-state index in [1.165, 1.54) is 0 Å². The summed E-state index contributed by atoms with van der Waals surface area (Å²) < 4.78 is 0.